The minimum Gasteiger partial charge on any atom is -0.484 e. The van der Waals surface area contributed by atoms with E-state index in [2.05, 4.69) is 29.8 Å². The number of aryl methyl sites for hydroxylation is 1. The molecule has 0 radical (unpaired) electrons. The number of rotatable bonds is 4. The molecule has 1 aromatic heterocycles. The van der Waals surface area contributed by atoms with Gasteiger partial charge in [-0.3, -0.25) is 0 Å². The molecule has 0 spiro atoms. The van der Waals surface area contributed by atoms with Crippen molar-refractivity contribution < 1.29 is 9.15 Å². The van der Waals surface area contributed by atoms with Crippen molar-refractivity contribution in [1.29, 1.82) is 5.26 Å². The molecule has 2 atom stereocenters. The van der Waals surface area contributed by atoms with E-state index in [-0.39, 0.29) is 6.61 Å². The molecular formula is C19H23N3O2. The summed E-state index contributed by atoms with van der Waals surface area (Å²) in [4.78, 5) is 6.44. The molecule has 2 aromatic rings. The number of oxazole rings is 1. The average molecular weight is 325 g/mol. The highest BCUT2D eigenvalue weighted by Gasteiger charge is 2.27. The Labute approximate surface area is 142 Å². The van der Waals surface area contributed by atoms with E-state index < -0.39 is 0 Å². The van der Waals surface area contributed by atoms with Crippen LogP contribution in [0.1, 0.15) is 37.4 Å². The molecule has 0 N–H and O–H groups in total. The number of hydrogen-bond donors (Lipinski definition) is 0. The van der Waals surface area contributed by atoms with E-state index in [1.54, 1.807) is 0 Å². The Morgan fingerprint density at radius 1 is 1.33 bits per heavy atom. The third kappa shape index (κ3) is 3.70. The lowest BCUT2D eigenvalue weighted by Gasteiger charge is -2.34. The van der Waals surface area contributed by atoms with Crippen LogP contribution in [-0.2, 0) is 6.61 Å². The lowest BCUT2D eigenvalue weighted by molar-refractivity contribution is 0.260. The van der Waals surface area contributed by atoms with Gasteiger partial charge in [0.15, 0.2) is 6.61 Å². The zero-order valence-electron chi connectivity index (χ0n) is 14.5. The fourth-order valence-corrected chi connectivity index (χ4v) is 3.38. The summed E-state index contributed by atoms with van der Waals surface area (Å²) in [5.74, 6) is 2.95. The number of hydrogen-bond acceptors (Lipinski definition) is 5. The van der Waals surface area contributed by atoms with Gasteiger partial charge in [0.2, 0.25) is 17.5 Å². The van der Waals surface area contributed by atoms with E-state index in [0.717, 1.165) is 24.4 Å². The van der Waals surface area contributed by atoms with Gasteiger partial charge in [-0.1, -0.05) is 26.0 Å². The fraction of sp³-hybridized carbons (Fsp3) is 0.474. The summed E-state index contributed by atoms with van der Waals surface area (Å²) in [7, 11) is 0. The summed E-state index contributed by atoms with van der Waals surface area (Å²) in [5.41, 5.74) is 1.48. The number of anilines is 1. The maximum absolute atomic E-state index is 9.38. The molecule has 126 valence electrons. The molecular weight excluding hydrogens is 302 g/mol. The van der Waals surface area contributed by atoms with Crippen molar-refractivity contribution in [3.05, 3.63) is 41.4 Å². The first-order chi connectivity index (χ1) is 11.5. The molecule has 5 nitrogen and oxygen atoms in total. The molecule has 2 heterocycles. The van der Waals surface area contributed by atoms with E-state index in [0.29, 0.717) is 29.3 Å². The summed E-state index contributed by atoms with van der Waals surface area (Å²) < 4.78 is 11.6. The van der Waals surface area contributed by atoms with Crippen LogP contribution in [0.15, 0.2) is 28.7 Å². The van der Waals surface area contributed by atoms with Crippen molar-refractivity contribution in [2.24, 2.45) is 11.8 Å². The second-order valence-electron chi connectivity index (χ2n) is 6.83. The zero-order chi connectivity index (χ0) is 17.1. The van der Waals surface area contributed by atoms with Crippen molar-refractivity contribution in [1.82, 2.24) is 4.98 Å². The van der Waals surface area contributed by atoms with E-state index >= 15 is 0 Å². The fourth-order valence-electron chi connectivity index (χ4n) is 3.38. The van der Waals surface area contributed by atoms with E-state index in [1.807, 2.05) is 31.2 Å². The number of nitriles is 1. The summed E-state index contributed by atoms with van der Waals surface area (Å²) in [5, 5.41) is 9.38. The van der Waals surface area contributed by atoms with Gasteiger partial charge in [0, 0.05) is 13.1 Å². The first kappa shape index (κ1) is 16.4. The van der Waals surface area contributed by atoms with Crippen LogP contribution < -0.4 is 9.64 Å². The number of ether oxygens (including phenoxy) is 1. The standard InChI is InChI=1S/C19H23N3O2/c1-13-5-4-6-16(8-13)23-12-18-21-17(9-20)19(24-18)22-10-14(2)7-15(3)11-22/h4-6,8,14-15H,7,10-12H2,1-3H3/t14-,15-/m1/s1. The molecule has 1 aliphatic rings. The number of nitrogens with zero attached hydrogens (tertiary/aromatic N) is 3. The summed E-state index contributed by atoms with van der Waals surface area (Å²) in [6, 6.07) is 9.97. The van der Waals surface area contributed by atoms with Crippen molar-refractivity contribution in [3.63, 3.8) is 0 Å². The van der Waals surface area contributed by atoms with Gasteiger partial charge in [-0.15, -0.1) is 0 Å². The molecule has 1 aliphatic heterocycles. The van der Waals surface area contributed by atoms with Crippen LogP contribution in [0.5, 0.6) is 5.75 Å². The maximum Gasteiger partial charge on any atom is 0.236 e. The van der Waals surface area contributed by atoms with Crippen LogP contribution in [0.3, 0.4) is 0 Å². The molecule has 0 amide bonds. The largest absolute Gasteiger partial charge is 0.484 e. The van der Waals surface area contributed by atoms with Gasteiger partial charge in [-0.2, -0.15) is 10.2 Å². The Morgan fingerprint density at radius 3 is 2.75 bits per heavy atom. The Morgan fingerprint density at radius 2 is 2.08 bits per heavy atom. The van der Waals surface area contributed by atoms with Crippen molar-refractivity contribution >= 4 is 5.88 Å². The summed E-state index contributed by atoms with van der Waals surface area (Å²) in [6.45, 7) is 8.48. The maximum atomic E-state index is 9.38. The van der Waals surface area contributed by atoms with Crippen LogP contribution in [0.2, 0.25) is 0 Å². The first-order valence-electron chi connectivity index (χ1n) is 8.39. The molecule has 0 saturated carbocycles. The lowest BCUT2D eigenvalue weighted by Crippen LogP contribution is -2.38. The van der Waals surface area contributed by atoms with Gasteiger partial charge in [0.1, 0.15) is 11.8 Å². The predicted octanol–water partition coefficient (Wildman–Crippen LogP) is 3.92. The second kappa shape index (κ2) is 6.96. The van der Waals surface area contributed by atoms with E-state index in [4.69, 9.17) is 9.15 Å². The van der Waals surface area contributed by atoms with Crippen molar-refractivity contribution in [3.8, 4) is 11.8 Å². The monoisotopic (exact) mass is 325 g/mol. The van der Waals surface area contributed by atoms with Crippen molar-refractivity contribution in [2.75, 3.05) is 18.0 Å². The Bertz CT molecular complexity index is 737. The number of piperidine rings is 1. The van der Waals surface area contributed by atoms with Gasteiger partial charge in [0.05, 0.1) is 0 Å². The summed E-state index contributed by atoms with van der Waals surface area (Å²) >= 11 is 0. The Hall–Kier alpha value is -2.48. The average Bonchev–Trinajstić information content (AvgIpc) is 2.95. The van der Waals surface area contributed by atoms with Gasteiger partial charge in [-0.25, -0.2) is 0 Å². The van der Waals surface area contributed by atoms with Crippen LogP contribution in [0.25, 0.3) is 0 Å². The van der Waals surface area contributed by atoms with Gasteiger partial charge >= 0.3 is 0 Å². The second-order valence-corrected chi connectivity index (χ2v) is 6.83. The van der Waals surface area contributed by atoms with Gasteiger partial charge < -0.3 is 14.1 Å². The molecule has 5 heteroatoms. The Kier molecular flexibility index (Phi) is 4.75. The molecule has 24 heavy (non-hydrogen) atoms. The quantitative estimate of drug-likeness (QED) is 0.852. The number of benzene rings is 1. The van der Waals surface area contributed by atoms with Crippen LogP contribution in [0.4, 0.5) is 5.88 Å². The molecule has 0 unspecified atom stereocenters. The highest BCUT2D eigenvalue weighted by molar-refractivity contribution is 5.48. The topological polar surface area (TPSA) is 62.3 Å². The normalized spacial score (nSPS) is 20.7. The van der Waals surface area contributed by atoms with Crippen molar-refractivity contribution in [2.45, 2.75) is 33.8 Å². The highest BCUT2D eigenvalue weighted by atomic mass is 16.5. The lowest BCUT2D eigenvalue weighted by atomic mass is 9.92. The number of aromatic nitrogens is 1. The van der Waals surface area contributed by atoms with Gasteiger partial charge in [-0.05, 0) is 42.9 Å². The summed E-state index contributed by atoms with van der Waals surface area (Å²) in [6.07, 6.45) is 1.20. The molecule has 1 fully saturated rings. The minimum atomic E-state index is 0.219. The zero-order valence-corrected chi connectivity index (χ0v) is 14.5. The van der Waals surface area contributed by atoms with Crippen LogP contribution in [-0.4, -0.2) is 18.1 Å². The predicted molar refractivity (Wildman–Crippen MR) is 91.9 cm³/mol. The van der Waals surface area contributed by atoms with E-state index in [1.165, 1.54) is 6.42 Å². The van der Waals surface area contributed by atoms with Crippen LogP contribution >= 0.6 is 0 Å². The molecule has 1 aromatic carbocycles. The molecule has 1 saturated heterocycles. The third-order valence-corrected chi connectivity index (χ3v) is 4.27. The molecule has 0 aliphatic carbocycles. The first-order valence-corrected chi connectivity index (χ1v) is 8.39. The smallest absolute Gasteiger partial charge is 0.236 e. The van der Waals surface area contributed by atoms with Gasteiger partial charge in [0.25, 0.3) is 0 Å². The third-order valence-electron chi connectivity index (χ3n) is 4.27. The SMILES string of the molecule is Cc1cccc(OCc2nc(C#N)c(N3C[C@H](C)C[C@@H](C)C3)o2)c1. The Balaban J connectivity index is 1.74. The molecule has 0 bridgehead atoms. The van der Waals surface area contributed by atoms with E-state index in [9.17, 15) is 5.26 Å². The van der Waals surface area contributed by atoms with Crippen LogP contribution in [0, 0.1) is 30.1 Å². The molecule has 3 rings (SSSR count). The highest BCUT2D eigenvalue weighted by Crippen LogP contribution is 2.29. The minimum absolute atomic E-state index is 0.219.